The van der Waals surface area contributed by atoms with Crippen LogP contribution in [0, 0.1) is 0 Å². The van der Waals surface area contributed by atoms with Crippen LogP contribution in [0.1, 0.15) is 24.8 Å². The summed E-state index contributed by atoms with van der Waals surface area (Å²) in [6, 6.07) is 0. The summed E-state index contributed by atoms with van der Waals surface area (Å²) < 4.78 is 6.90. The third-order valence-electron chi connectivity index (χ3n) is 2.70. The summed E-state index contributed by atoms with van der Waals surface area (Å²) in [5, 5.41) is 0. The van der Waals surface area contributed by atoms with Gasteiger partial charge in [0.25, 0.3) is 5.56 Å². The van der Waals surface area contributed by atoms with Gasteiger partial charge in [-0.05, 0) is 5.92 Å². The van der Waals surface area contributed by atoms with Crippen LogP contribution >= 0.6 is 0 Å². The second-order valence-corrected chi connectivity index (χ2v) is 4.02. The Morgan fingerprint density at radius 2 is 2.00 bits per heavy atom. The van der Waals surface area contributed by atoms with Gasteiger partial charge in [-0.1, -0.05) is 6.92 Å². The number of aryl methyl sites for hydroxylation is 1. The van der Waals surface area contributed by atoms with Gasteiger partial charge in [0.1, 0.15) is 0 Å². The van der Waals surface area contributed by atoms with Crippen LogP contribution in [0.4, 0.5) is 0 Å². The van der Waals surface area contributed by atoms with E-state index in [2.05, 4.69) is 4.74 Å². The van der Waals surface area contributed by atoms with E-state index in [0.29, 0.717) is 5.56 Å². The Morgan fingerprint density at radius 3 is 2.53 bits per heavy atom. The Hall–Kier alpha value is -1.85. The molecule has 17 heavy (non-hydrogen) atoms. The number of methoxy groups -OCH3 is 1. The molecular weight excluding hydrogens is 224 g/mol. The molecule has 0 N–H and O–H groups in total. The predicted octanol–water partition coefficient (Wildman–Crippen LogP) is -0.249. The number of ether oxygens (including phenoxy) is 1. The molecule has 0 aromatic carbocycles. The van der Waals surface area contributed by atoms with E-state index in [-0.39, 0.29) is 29.6 Å². The van der Waals surface area contributed by atoms with Crippen molar-refractivity contribution < 1.29 is 9.53 Å². The lowest BCUT2D eigenvalue weighted by Crippen LogP contribution is -2.39. The number of nitrogens with zero attached hydrogens (tertiary/aromatic N) is 2. The third kappa shape index (κ3) is 2.64. The molecular formula is C11H16N2O4. The van der Waals surface area contributed by atoms with E-state index in [1.807, 2.05) is 0 Å². The first kappa shape index (κ1) is 13.2. The van der Waals surface area contributed by atoms with Gasteiger partial charge < -0.3 is 9.30 Å². The van der Waals surface area contributed by atoms with E-state index in [0.717, 1.165) is 4.57 Å². The largest absolute Gasteiger partial charge is 0.469 e. The SMILES string of the molecule is COC(=O)C[C@H](C)c1cn(C)c(=O)n(C)c1=O. The predicted molar refractivity (Wildman–Crippen MR) is 62.0 cm³/mol. The Kier molecular flexibility index (Phi) is 3.88. The molecule has 6 nitrogen and oxygen atoms in total. The second kappa shape index (κ2) is 4.99. The maximum atomic E-state index is 11.9. The number of rotatable bonds is 3. The molecule has 6 heteroatoms. The number of esters is 1. The average Bonchev–Trinajstić information content (AvgIpc) is 2.30. The van der Waals surface area contributed by atoms with Gasteiger partial charge in [-0.15, -0.1) is 0 Å². The summed E-state index contributed by atoms with van der Waals surface area (Å²) in [6.07, 6.45) is 1.59. The molecule has 0 amide bonds. The van der Waals surface area contributed by atoms with E-state index in [4.69, 9.17) is 0 Å². The molecule has 1 rings (SSSR count). The molecule has 0 unspecified atom stereocenters. The van der Waals surface area contributed by atoms with Crippen LogP contribution < -0.4 is 11.2 Å². The lowest BCUT2D eigenvalue weighted by Gasteiger charge is -2.12. The Morgan fingerprint density at radius 1 is 1.41 bits per heavy atom. The van der Waals surface area contributed by atoms with Gasteiger partial charge in [0.05, 0.1) is 13.5 Å². The van der Waals surface area contributed by atoms with Crippen molar-refractivity contribution in [3.05, 3.63) is 32.6 Å². The van der Waals surface area contributed by atoms with E-state index in [1.54, 1.807) is 14.0 Å². The second-order valence-electron chi connectivity index (χ2n) is 4.02. The molecule has 0 aliphatic rings. The van der Waals surface area contributed by atoms with Gasteiger partial charge in [0, 0.05) is 25.9 Å². The zero-order chi connectivity index (χ0) is 13.2. The zero-order valence-electron chi connectivity index (χ0n) is 10.4. The highest BCUT2D eigenvalue weighted by Crippen LogP contribution is 2.14. The highest BCUT2D eigenvalue weighted by atomic mass is 16.5. The molecule has 1 aromatic rings. The molecule has 0 aliphatic heterocycles. The molecule has 0 aliphatic carbocycles. The van der Waals surface area contributed by atoms with Gasteiger partial charge in [-0.25, -0.2) is 4.79 Å². The third-order valence-corrected chi connectivity index (χ3v) is 2.70. The fraction of sp³-hybridized carbons (Fsp3) is 0.545. The summed E-state index contributed by atoms with van der Waals surface area (Å²) in [4.78, 5) is 34.5. The molecule has 0 saturated carbocycles. The summed E-state index contributed by atoms with van der Waals surface area (Å²) in [6.45, 7) is 1.75. The van der Waals surface area contributed by atoms with Crippen LogP contribution in [0.5, 0.6) is 0 Å². The van der Waals surface area contributed by atoms with Crippen molar-refractivity contribution in [2.24, 2.45) is 14.1 Å². The summed E-state index contributed by atoms with van der Waals surface area (Å²) in [5.74, 6) is -0.665. The van der Waals surface area contributed by atoms with Crippen molar-refractivity contribution >= 4 is 5.97 Å². The van der Waals surface area contributed by atoms with E-state index in [9.17, 15) is 14.4 Å². The minimum Gasteiger partial charge on any atom is -0.469 e. The van der Waals surface area contributed by atoms with Gasteiger partial charge in [-0.2, -0.15) is 0 Å². The average molecular weight is 240 g/mol. The van der Waals surface area contributed by atoms with Gasteiger partial charge in [0.15, 0.2) is 0 Å². The maximum Gasteiger partial charge on any atom is 0.330 e. The summed E-state index contributed by atoms with van der Waals surface area (Å²) >= 11 is 0. The molecule has 1 atom stereocenters. The first-order chi connectivity index (χ1) is 7.88. The monoisotopic (exact) mass is 240 g/mol. The Bertz CT molecular complexity index is 541. The quantitative estimate of drug-likeness (QED) is 0.683. The molecule has 0 fully saturated rings. The zero-order valence-corrected chi connectivity index (χ0v) is 10.4. The fourth-order valence-corrected chi connectivity index (χ4v) is 1.62. The van der Waals surface area contributed by atoms with E-state index >= 15 is 0 Å². The highest BCUT2D eigenvalue weighted by Gasteiger charge is 2.17. The molecule has 0 saturated heterocycles. The van der Waals surface area contributed by atoms with E-state index in [1.165, 1.54) is 24.9 Å². The Labute approximate surface area is 98.4 Å². The van der Waals surface area contributed by atoms with Crippen LogP contribution in [-0.2, 0) is 23.6 Å². The Balaban J connectivity index is 3.20. The van der Waals surface area contributed by atoms with Gasteiger partial charge in [0.2, 0.25) is 0 Å². The van der Waals surface area contributed by atoms with Gasteiger partial charge >= 0.3 is 11.7 Å². The molecule has 94 valence electrons. The number of aromatic nitrogens is 2. The highest BCUT2D eigenvalue weighted by molar-refractivity contribution is 5.70. The fourth-order valence-electron chi connectivity index (χ4n) is 1.62. The van der Waals surface area contributed by atoms with Crippen molar-refractivity contribution in [2.75, 3.05) is 7.11 Å². The van der Waals surface area contributed by atoms with Crippen LogP contribution in [-0.4, -0.2) is 22.2 Å². The number of hydrogen-bond donors (Lipinski definition) is 0. The smallest absolute Gasteiger partial charge is 0.330 e. The number of carbonyl (C=O) groups excluding carboxylic acids is 1. The first-order valence-electron chi connectivity index (χ1n) is 5.21. The van der Waals surface area contributed by atoms with Crippen LogP contribution in [0.15, 0.2) is 15.8 Å². The maximum absolute atomic E-state index is 11.9. The number of hydrogen-bond acceptors (Lipinski definition) is 4. The minimum absolute atomic E-state index is 0.115. The summed E-state index contributed by atoms with van der Waals surface area (Å²) in [7, 11) is 4.28. The first-order valence-corrected chi connectivity index (χ1v) is 5.21. The van der Waals surface area contributed by atoms with Crippen LogP contribution in [0.2, 0.25) is 0 Å². The van der Waals surface area contributed by atoms with Gasteiger partial charge in [-0.3, -0.25) is 14.2 Å². The van der Waals surface area contributed by atoms with E-state index < -0.39 is 0 Å². The molecule has 0 radical (unpaired) electrons. The molecule has 0 bridgehead atoms. The molecule has 1 heterocycles. The van der Waals surface area contributed by atoms with Crippen molar-refractivity contribution in [1.29, 1.82) is 0 Å². The lowest BCUT2D eigenvalue weighted by atomic mass is 10.0. The standard InChI is InChI=1S/C11H16N2O4/c1-7(5-9(14)17-4)8-6-12(2)11(16)13(3)10(8)15/h6-7H,5H2,1-4H3/t7-/m0/s1. The van der Waals surface area contributed by atoms with Crippen LogP contribution in [0.25, 0.3) is 0 Å². The molecule has 0 spiro atoms. The summed E-state index contributed by atoms with van der Waals surface area (Å²) in [5.41, 5.74) is -0.325. The van der Waals surface area contributed by atoms with Crippen molar-refractivity contribution in [3.63, 3.8) is 0 Å². The van der Waals surface area contributed by atoms with Crippen LogP contribution in [0.3, 0.4) is 0 Å². The van der Waals surface area contributed by atoms with Crippen molar-refractivity contribution in [2.45, 2.75) is 19.3 Å². The van der Waals surface area contributed by atoms with Crippen molar-refractivity contribution in [1.82, 2.24) is 9.13 Å². The van der Waals surface area contributed by atoms with Crippen molar-refractivity contribution in [3.8, 4) is 0 Å². The normalized spacial score (nSPS) is 12.2. The number of carbonyl (C=O) groups is 1. The minimum atomic E-state index is -0.385. The molecule has 1 aromatic heterocycles. The topological polar surface area (TPSA) is 70.3 Å². The lowest BCUT2D eigenvalue weighted by molar-refractivity contribution is -0.140.